The molecule has 0 spiro atoms. The average Bonchev–Trinajstić information content (AvgIpc) is 3.84. The first kappa shape index (κ1) is 25.5. The highest BCUT2D eigenvalue weighted by Crippen LogP contribution is 2.35. The average molecular weight is 712 g/mol. The summed E-state index contributed by atoms with van der Waals surface area (Å²) >= 11 is 1.26. The van der Waals surface area contributed by atoms with Crippen molar-refractivity contribution in [3.8, 4) is 17.2 Å². The predicted octanol–water partition coefficient (Wildman–Crippen LogP) is 3.87. The number of fused-ring (bicyclic) bond motifs is 2. The number of hydrogen-bond donors (Lipinski definition) is 2. The van der Waals surface area contributed by atoms with Gasteiger partial charge in [-0.25, -0.2) is 18.2 Å². The van der Waals surface area contributed by atoms with Gasteiger partial charge in [0.2, 0.25) is 16.8 Å². The second-order valence-corrected chi connectivity index (χ2v) is 14.7. The predicted molar refractivity (Wildman–Crippen MR) is 174 cm³/mol. The minimum Gasteiger partial charge on any atom is -0.487 e. The topological polar surface area (TPSA) is 155 Å². The van der Waals surface area contributed by atoms with Crippen LogP contribution in [0.1, 0.15) is 47.5 Å². The van der Waals surface area contributed by atoms with Gasteiger partial charge in [0.15, 0.2) is 17.8 Å². The molecule has 2 N–H and O–H groups in total. The van der Waals surface area contributed by atoms with E-state index in [-0.39, 0.29) is 59.7 Å². The zero-order chi connectivity index (χ0) is 41.1. The van der Waals surface area contributed by atoms with Gasteiger partial charge in [-0.05, 0) is 55.5 Å². The van der Waals surface area contributed by atoms with Crippen LogP contribution in [0.15, 0.2) is 52.7 Å². The first-order valence-corrected chi connectivity index (χ1v) is 17.5. The van der Waals surface area contributed by atoms with Gasteiger partial charge < -0.3 is 38.8 Å². The number of nitrogens with one attached hydrogen (secondary N) is 1. The molecule has 15 heteroatoms. The van der Waals surface area contributed by atoms with E-state index in [1.165, 1.54) is 47.0 Å². The van der Waals surface area contributed by atoms with Gasteiger partial charge in [-0.15, -0.1) is 11.3 Å². The van der Waals surface area contributed by atoms with Crippen molar-refractivity contribution < 1.29 is 57.7 Å². The van der Waals surface area contributed by atoms with Gasteiger partial charge >= 0.3 is 6.09 Å². The van der Waals surface area contributed by atoms with Crippen LogP contribution in [0.5, 0.6) is 17.2 Å². The lowest BCUT2D eigenvalue weighted by Crippen LogP contribution is -2.51. The van der Waals surface area contributed by atoms with Crippen LogP contribution in [0.25, 0.3) is 0 Å². The van der Waals surface area contributed by atoms with Crippen LogP contribution in [0.3, 0.4) is 0 Å². The van der Waals surface area contributed by atoms with Gasteiger partial charge in [0.25, 0.3) is 0 Å². The summed E-state index contributed by atoms with van der Waals surface area (Å²) in [6.07, 6.45) is -8.15. The van der Waals surface area contributed by atoms with Crippen molar-refractivity contribution in [2.45, 2.75) is 69.6 Å². The summed E-state index contributed by atoms with van der Waals surface area (Å²) < 4.78 is 127. The Bertz CT molecular complexity index is 2040. The fourth-order valence-electron chi connectivity index (χ4n) is 5.22. The lowest BCUT2D eigenvalue weighted by molar-refractivity contribution is -0.0907. The minimum atomic E-state index is -4.54. The third kappa shape index (κ3) is 8.21. The normalized spacial score (nSPS) is 28.4. The quantitative estimate of drug-likeness (QED) is 0.251. The minimum absolute atomic E-state index is 0.0328. The summed E-state index contributed by atoms with van der Waals surface area (Å²) in [5.41, 5.74) is 0.444. The van der Waals surface area contributed by atoms with E-state index in [9.17, 15) is 18.3 Å². The number of alkyl carbamates (subject to hydrolysis) is 1. The third-order valence-electron chi connectivity index (χ3n) is 7.57. The van der Waals surface area contributed by atoms with Crippen molar-refractivity contribution in [3.63, 3.8) is 0 Å². The second kappa shape index (κ2) is 15.0. The number of sulfonamides is 1. The van der Waals surface area contributed by atoms with Crippen molar-refractivity contribution in [2.75, 3.05) is 33.0 Å². The lowest BCUT2D eigenvalue weighted by Gasteiger charge is -2.31. The Morgan fingerprint density at radius 1 is 1.23 bits per heavy atom. The maximum Gasteiger partial charge on any atom is 0.407 e. The fourth-order valence-corrected chi connectivity index (χ4v) is 7.34. The van der Waals surface area contributed by atoms with Gasteiger partial charge in [0.05, 0.1) is 55.0 Å². The Morgan fingerprint density at radius 3 is 2.77 bits per heavy atom. The number of thiazole rings is 1. The van der Waals surface area contributed by atoms with E-state index in [0.717, 1.165) is 16.4 Å². The van der Waals surface area contributed by atoms with Crippen LogP contribution in [0, 0.1) is 18.8 Å². The summed E-state index contributed by atoms with van der Waals surface area (Å²) in [6, 6.07) is 7.58. The number of aliphatic hydroxyl groups is 1. The number of carbonyl (C=O) groups is 1. The first-order valence-electron chi connectivity index (χ1n) is 19.1. The Labute approximate surface area is 295 Å². The number of aromatic nitrogens is 1. The molecule has 0 saturated carbocycles. The number of carbonyl (C=O) groups excluding carboxylic acids is 1. The standard InChI is InChI=1S/C33H41N3O10S2/c1-20(2)14-36(48(39,40)25-8-9-29-30(13-25)45-19-44-29)15-28(37)27(35-33(38)46-31-17-43-32-26(31)10-11-41-32)12-22-4-6-24(7-5-22)42-16-23-18-47-21(3)34-23/h4-9,13,18,20,26-28,31-32,37H,10-12,14-17,19H2,1-3H3,(H,35,38)/t26-,27-,28-,31-,32+/m0/s1/i16D2,17D2,19D2,28D,31D. The van der Waals surface area contributed by atoms with Crippen LogP contribution < -0.4 is 19.5 Å². The Hall–Kier alpha value is -3.47. The maximum atomic E-state index is 14.1. The molecule has 13 nitrogen and oxygen atoms in total. The summed E-state index contributed by atoms with van der Waals surface area (Å²) in [5, 5.41) is 16.4. The summed E-state index contributed by atoms with van der Waals surface area (Å²) in [7, 11) is -4.54. The number of benzene rings is 2. The molecule has 3 aromatic rings. The van der Waals surface area contributed by atoms with Gasteiger partial charge in [-0.1, -0.05) is 26.0 Å². The van der Waals surface area contributed by atoms with Gasteiger partial charge in [-0.2, -0.15) is 4.31 Å². The highest BCUT2D eigenvalue weighted by Gasteiger charge is 2.44. The molecule has 5 atom stereocenters. The molecule has 0 radical (unpaired) electrons. The molecule has 0 unspecified atom stereocenters. The number of rotatable bonds is 14. The van der Waals surface area contributed by atoms with Crippen molar-refractivity contribution in [3.05, 3.63) is 64.1 Å². The number of amides is 1. The molecule has 0 aliphatic carbocycles. The van der Waals surface area contributed by atoms with E-state index in [0.29, 0.717) is 10.6 Å². The number of hydrogen-bond acceptors (Lipinski definition) is 12. The molecular weight excluding hydrogens is 663 g/mol. The number of nitrogens with zero attached hydrogens (tertiary/aromatic N) is 2. The van der Waals surface area contributed by atoms with E-state index < -0.39 is 72.9 Å². The molecule has 2 saturated heterocycles. The van der Waals surface area contributed by atoms with Crippen LogP contribution in [-0.2, 0) is 37.2 Å². The number of ether oxygens (including phenoxy) is 6. The van der Waals surface area contributed by atoms with E-state index in [2.05, 4.69) is 10.3 Å². The first-order chi connectivity index (χ1) is 25.9. The molecule has 0 bridgehead atoms. The molecule has 2 fully saturated rings. The highest BCUT2D eigenvalue weighted by molar-refractivity contribution is 7.89. The van der Waals surface area contributed by atoms with E-state index in [4.69, 9.17) is 39.4 Å². The van der Waals surface area contributed by atoms with Crippen molar-refractivity contribution >= 4 is 27.5 Å². The van der Waals surface area contributed by atoms with Crippen molar-refractivity contribution in [2.24, 2.45) is 11.8 Å². The molecule has 3 aliphatic heterocycles. The third-order valence-corrected chi connectivity index (χ3v) is 10.1. The molecule has 2 aromatic carbocycles. The van der Waals surface area contributed by atoms with E-state index in [1.54, 1.807) is 20.8 Å². The summed E-state index contributed by atoms with van der Waals surface area (Å²) in [6.45, 7) is -3.45. The smallest absolute Gasteiger partial charge is 0.407 e. The van der Waals surface area contributed by atoms with E-state index in [1.807, 2.05) is 0 Å². The Kier molecular flexibility index (Phi) is 7.95. The summed E-state index contributed by atoms with van der Waals surface area (Å²) in [4.78, 5) is 17.3. The van der Waals surface area contributed by atoms with Crippen LogP contribution in [0.2, 0.25) is 0 Å². The van der Waals surface area contributed by atoms with Crippen molar-refractivity contribution in [1.82, 2.24) is 14.6 Å². The van der Waals surface area contributed by atoms with Crippen LogP contribution >= 0.6 is 11.3 Å². The zero-order valence-electron chi connectivity index (χ0n) is 34.3. The van der Waals surface area contributed by atoms with Gasteiger partial charge in [0, 0.05) is 24.5 Å². The van der Waals surface area contributed by atoms with Gasteiger partial charge in [0.1, 0.15) is 21.1 Å². The molecular formula is C33H41N3O10S2. The van der Waals surface area contributed by atoms with Crippen molar-refractivity contribution in [1.29, 1.82) is 0 Å². The molecule has 4 heterocycles. The largest absolute Gasteiger partial charge is 0.487 e. The summed E-state index contributed by atoms with van der Waals surface area (Å²) in [5.74, 6) is -1.44. The van der Waals surface area contributed by atoms with Crippen LogP contribution in [0.4, 0.5) is 4.79 Å². The van der Waals surface area contributed by atoms with E-state index >= 15 is 0 Å². The second-order valence-electron chi connectivity index (χ2n) is 11.7. The molecule has 6 rings (SSSR count). The molecule has 3 aliphatic rings. The Morgan fingerprint density at radius 2 is 2.02 bits per heavy atom. The number of aryl methyl sites for hydroxylation is 1. The highest BCUT2D eigenvalue weighted by atomic mass is 32.2. The molecule has 1 aromatic heterocycles. The maximum absolute atomic E-state index is 14.1. The molecule has 48 heavy (non-hydrogen) atoms. The Balaban J connectivity index is 1.28. The monoisotopic (exact) mass is 711 g/mol. The lowest BCUT2D eigenvalue weighted by atomic mass is 10.0. The fraction of sp³-hybridized carbons (Fsp3) is 0.515. The molecule has 260 valence electrons. The van der Waals surface area contributed by atoms with Crippen LogP contribution in [-0.4, -0.2) is 86.4 Å². The molecule has 1 amide bonds. The zero-order valence-corrected chi connectivity index (χ0v) is 27.9. The van der Waals surface area contributed by atoms with Gasteiger partial charge in [-0.3, -0.25) is 0 Å². The SMILES string of the molecule is [2H]C1([2H])Oc2ccc(S(=O)(=O)N(CC(C)C)C[C@]([2H])(O)[C@H](Cc3ccc(OC([2H])([2H])c4csc(C)n4)cc3)NC(=O)O[C@]3([2H])[C@@H]4CCO[C@@H]4OC3([2H])[2H])cc2O1.